The van der Waals surface area contributed by atoms with Gasteiger partial charge in [0.1, 0.15) is 22.6 Å². The number of aromatic carboxylic acids is 2. The van der Waals surface area contributed by atoms with E-state index in [2.05, 4.69) is 37.2 Å². The van der Waals surface area contributed by atoms with Crippen LogP contribution in [0.15, 0.2) is 158 Å². The molecule has 28 nitrogen and oxygen atoms in total. The molecule has 0 radical (unpaired) electrons. The monoisotopic (exact) mass is 2540 g/mol. The minimum atomic E-state index is -1.29. The first-order valence-electron chi connectivity index (χ1n) is 29.2. The predicted octanol–water partition coefficient (Wildman–Crippen LogP) is 25.9. The van der Waals surface area contributed by atoms with Gasteiger partial charge in [0.25, 0.3) is 0 Å². The number of nitrogens with two attached hydrogens (primary N) is 8. The summed E-state index contributed by atoms with van der Waals surface area (Å²) in [5.74, 6) is -8.12. The van der Waals surface area contributed by atoms with Crippen LogP contribution in [0.5, 0.6) is 11.5 Å². The molecule has 0 saturated carbocycles. The van der Waals surface area contributed by atoms with Crippen LogP contribution in [0.25, 0.3) is 49.2 Å². The van der Waals surface area contributed by atoms with Gasteiger partial charge in [-0.2, -0.15) is 0 Å². The molecular weight excluding hydrogens is 2450 g/mol. The number of rotatable bonds is 22. The fraction of sp³-hybridized carbons (Fsp3) is 0.324. The number of aryl methyl sites for hydroxylation is 2. The quantitative estimate of drug-likeness (QED) is 0.0178. The van der Waals surface area contributed by atoms with Crippen LogP contribution >= 0.6 is 122 Å². The third-order valence-corrected chi connectivity index (χ3v) is 12.2. The molecule has 0 saturated heterocycles. The summed E-state index contributed by atoms with van der Waals surface area (Å²) in [5.41, 5.74) is 6.66. The largest absolute Gasteiger partial charge is 0.693 e. The van der Waals surface area contributed by atoms with Crippen molar-refractivity contribution >= 4 is 181 Å². The molecule has 6 aromatic carbocycles. The van der Waals surface area contributed by atoms with E-state index in [1.54, 1.807) is 38.1 Å². The normalized spacial score (nSPS) is 9.43. The average molecular weight is 2550 g/mol. The van der Waals surface area contributed by atoms with Crippen LogP contribution in [0.2, 0.25) is 0 Å². The van der Waals surface area contributed by atoms with E-state index >= 15 is 0 Å². The molecular formula is C68H96Cl12N8O20Pt4. The van der Waals surface area contributed by atoms with Gasteiger partial charge in [0.2, 0.25) is 9.67 Å². The SMILES string of the molecule is CC(=O)Oc1ccccc1C(=O)O.CC(=O)Oc1ccccc1C(=O)O.CC(C)Cc1ccc(C(C)C(=O)O)cc1.CC(C)Cc1ccc(C(C)C(=O)O)cc1.O=C(O)C(Cl)Cl.O=C(O)C(Cl)Cl.O=C(O)CCCc1ccccc1.O=C(O)CCCc1ccccc1.[Cl][Pt+2][Cl].[Cl][Pt+2][Cl].[Cl][Pt+2][Cl].[Cl][Pt+2][Cl].[NH2-].[NH2-].[NH2-].[NH2-].[NH2-].[NH2-].[NH2-].[NH2-]. The van der Waals surface area contributed by atoms with E-state index < -0.39 is 147 Å². The molecule has 112 heavy (non-hydrogen) atoms. The van der Waals surface area contributed by atoms with Gasteiger partial charge in [0.15, 0.2) is 0 Å². The Bertz CT molecular complexity index is 3120. The second-order valence-corrected chi connectivity index (χ2v) is 35.8. The molecule has 0 bridgehead atoms. The standard InChI is InChI=1S/2C13H18O2.2C10H12O2.2C9H8O4.2C2H2Cl2O2.8ClH.8H2N.4Pt/c2*1-9(2)8-11-4-6-12(7-5-11)10(3)13(14)15;2*11-10(12)8-4-7-9-5-2-1-3-6-9;2*1-6(10)13-8-5-3-2-4-7(8)9(11)12;2*3-1(4)2(5)6;;;;;;;;;;;;;;;;;;;;/h2*4-7,9-10H,8H2,1-3H3,(H,14,15);2*1-3,5-6H,4,7-8H2,(H,11,12);2*2-5H,1H3,(H,11,12);2*1H,(H,5,6);8*1H;8*1H2;;;;/q;;;;;;;;;;;;;;;;8*-1;4*+4/p-8. The number of hydrogen-bond donors (Lipinski definition) is 8. The average Bonchev–Trinajstić information content (AvgIpc) is 0.884. The maximum absolute atomic E-state index is 10.8. The van der Waals surface area contributed by atoms with Crippen LogP contribution in [0.4, 0.5) is 0 Å². The van der Waals surface area contributed by atoms with Crippen LogP contribution in [0, 0.1) is 11.8 Å². The van der Waals surface area contributed by atoms with Crippen molar-refractivity contribution < 1.29 is 164 Å². The number of alkyl halides is 4. The van der Waals surface area contributed by atoms with Crippen molar-refractivity contribution in [1.29, 1.82) is 0 Å². The van der Waals surface area contributed by atoms with E-state index in [1.807, 2.05) is 109 Å². The molecule has 0 aliphatic rings. The zero-order valence-corrected chi connectivity index (χ0v) is 79.2. The van der Waals surface area contributed by atoms with E-state index in [9.17, 15) is 47.9 Å². The number of hydrogen-bond acceptors (Lipinski definition) is 12. The molecule has 24 N–H and O–H groups in total. The third-order valence-electron chi connectivity index (χ3n) is 11.5. The van der Waals surface area contributed by atoms with E-state index in [-0.39, 0.29) is 84.7 Å². The van der Waals surface area contributed by atoms with E-state index in [4.69, 9.17) is 163 Å². The number of esters is 2. The van der Waals surface area contributed by atoms with Crippen molar-refractivity contribution in [2.45, 2.75) is 128 Å². The van der Waals surface area contributed by atoms with Crippen molar-refractivity contribution in [2.24, 2.45) is 11.8 Å². The molecule has 6 aromatic rings. The van der Waals surface area contributed by atoms with Gasteiger partial charge < -0.3 is 99.5 Å². The van der Waals surface area contributed by atoms with E-state index in [0.717, 1.165) is 49.7 Å². The summed E-state index contributed by atoms with van der Waals surface area (Å²) in [6, 6.07) is 47.6. The molecule has 6 rings (SSSR count). The number of carbonyl (C=O) groups excluding carboxylic acids is 2. The molecule has 44 heteroatoms. The second-order valence-electron chi connectivity index (χ2n) is 20.5. The van der Waals surface area contributed by atoms with Crippen molar-refractivity contribution in [3.63, 3.8) is 0 Å². The predicted molar refractivity (Wildman–Crippen MR) is 441 cm³/mol. The zero-order valence-electron chi connectivity index (χ0n) is 61.0. The molecule has 2 unspecified atom stereocenters. The molecule has 0 aliphatic carbocycles. The smallest absolute Gasteiger partial charge is 0.693 e. The Balaban J connectivity index is -0.0000000800. The number of carbonyl (C=O) groups is 10. The summed E-state index contributed by atoms with van der Waals surface area (Å²) >= 11 is 17.2. The summed E-state index contributed by atoms with van der Waals surface area (Å²) in [4.78, 5) is 101. The fourth-order valence-electron chi connectivity index (χ4n) is 7.06. The fourth-order valence-corrected chi connectivity index (χ4v) is 7.06. The van der Waals surface area contributed by atoms with Gasteiger partial charge in [0.05, 0.1) is 11.8 Å². The first kappa shape index (κ1) is 140. The molecule has 0 aromatic heterocycles. The minimum Gasteiger partial charge on any atom is -0.693 e. The summed E-state index contributed by atoms with van der Waals surface area (Å²) in [7, 11) is 39.0. The van der Waals surface area contributed by atoms with Crippen LogP contribution in [-0.2, 0) is 130 Å². The number of aliphatic carboxylic acids is 6. The number of ether oxygens (including phenoxy) is 2. The zero-order chi connectivity index (χ0) is 81.3. The summed E-state index contributed by atoms with van der Waals surface area (Å²) < 4.78 is 9.37. The van der Waals surface area contributed by atoms with Crippen LogP contribution in [0.1, 0.15) is 147 Å². The molecule has 0 aliphatic heterocycles. The number of benzene rings is 6. The minimum absolute atomic E-state index is 0. The summed E-state index contributed by atoms with van der Waals surface area (Å²) in [6.45, 7) is 14.6. The van der Waals surface area contributed by atoms with Gasteiger partial charge >= 0.3 is 201 Å². The van der Waals surface area contributed by atoms with Gasteiger partial charge in [0, 0.05) is 26.7 Å². The third kappa shape index (κ3) is 89.9. The van der Waals surface area contributed by atoms with Gasteiger partial charge in [-0.1, -0.05) is 208 Å². The van der Waals surface area contributed by atoms with Crippen LogP contribution in [-0.4, -0.2) is 110 Å². The Morgan fingerprint density at radius 1 is 0.330 bits per heavy atom. The number of halogens is 12. The van der Waals surface area contributed by atoms with Gasteiger partial charge in [-0.25, -0.2) is 19.2 Å². The molecule has 0 fully saturated rings. The number of carboxylic acid groups (broad SMARTS) is 8. The van der Waals surface area contributed by atoms with E-state index in [1.165, 1.54) is 60.4 Å². The number of carboxylic acids is 8. The molecule has 2 atom stereocenters. The Morgan fingerprint density at radius 2 is 0.545 bits per heavy atom. The van der Waals surface area contributed by atoms with Crippen molar-refractivity contribution in [2.75, 3.05) is 0 Å². The van der Waals surface area contributed by atoms with Gasteiger partial charge in [-0.05, 0) is 122 Å². The van der Waals surface area contributed by atoms with Crippen molar-refractivity contribution in [1.82, 2.24) is 0 Å². The Hall–Kier alpha value is -4.07. The Morgan fingerprint density at radius 3 is 0.723 bits per heavy atom. The molecule has 652 valence electrons. The number of para-hydroxylation sites is 2. The van der Waals surface area contributed by atoms with Gasteiger partial charge in [-0.3, -0.25) is 28.8 Å². The summed E-state index contributed by atoms with van der Waals surface area (Å²) in [6.07, 6.45) is 5.76. The topological polar surface area (TPSA) is 619 Å². The first-order valence-corrected chi connectivity index (χ1v) is 53.5. The van der Waals surface area contributed by atoms with Crippen LogP contribution in [0.3, 0.4) is 0 Å². The maximum atomic E-state index is 10.8. The second kappa shape index (κ2) is 92.4. The first-order chi connectivity index (χ1) is 48.7. The van der Waals surface area contributed by atoms with Crippen molar-refractivity contribution in [3.8, 4) is 11.5 Å². The van der Waals surface area contributed by atoms with Gasteiger partial charge in [-0.15, -0.1) is 0 Å². The molecule has 0 amide bonds. The van der Waals surface area contributed by atoms with Crippen LogP contribution < -0.4 is 9.47 Å². The van der Waals surface area contributed by atoms with Crippen molar-refractivity contribution in [3.05, 3.63) is 251 Å². The Labute approximate surface area is 740 Å². The molecule has 0 spiro atoms. The Kier molecular flexibility index (Phi) is 115. The molecule has 0 heterocycles. The summed E-state index contributed by atoms with van der Waals surface area (Å²) in [5, 5.41) is 67.3. The maximum Gasteiger partial charge on any atom is -0.693 e. The van der Waals surface area contributed by atoms with E-state index in [0.29, 0.717) is 11.8 Å².